The van der Waals surface area contributed by atoms with Crippen molar-refractivity contribution in [2.24, 2.45) is 0 Å². The molecule has 7 nitrogen and oxygen atoms in total. The lowest BCUT2D eigenvalue weighted by molar-refractivity contribution is -0.385. The minimum atomic E-state index is -0.387. The number of nitro benzene ring substituents is 1. The predicted octanol–water partition coefficient (Wildman–Crippen LogP) is 7.75. The van der Waals surface area contributed by atoms with Crippen LogP contribution in [0.3, 0.4) is 0 Å². The first-order valence-corrected chi connectivity index (χ1v) is 13.3. The summed E-state index contributed by atoms with van der Waals surface area (Å²) in [6.45, 7) is 10.8. The number of hydrogen-bond donors (Lipinski definition) is 0. The summed E-state index contributed by atoms with van der Waals surface area (Å²) >= 11 is 0. The fraction of sp³-hybridized carbons (Fsp3) is 0.517. The number of hydrogen-bond acceptors (Lipinski definition) is 5. The molecule has 1 aliphatic rings. The van der Waals surface area contributed by atoms with Crippen LogP contribution in [0.2, 0.25) is 0 Å². The monoisotopic (exact) mass is 498 g/mol. The summed E-state index contributed by atoms with van der Waals surface area (Å²) in [5.74, 6) is 0.196. The van der Waals surface area contributed by atoms with Crippen LogP contribution in [-0.4, -0.2) is 34.8 Å². The molecule has 0 N–H and O–H groups in total. The second-order valence-electron chi connectivity index (χ2n) is 8.19. The molecule has 0 atom stereocenters. The Morgan fingerprint density at radius 2 is 1.28 bits per heavy atom. The van der Waals surface area contributed by atoms with Crippen molar-refractivity contribution < 1.29 is 19.2 Å². The van der Waals surface area contributed by atoms with Gasteiger partial charge in [0.2, 0.25) is 0 Å². The van der Waals surface area contributed by atoms with E-state index in [1.54, 1.807) is 43.3 Å². The highest BCUT2D eigenvalue weighted by Crippen LogP contribution is 2.24. The van der Waals surface area contributed by atoms with E-state index < -0.39 is 0 Å². The SMILES string of the molecule is CC.CC.Cc1ccc(OCCCCCCCCCCN2C(=O)c3ccccc3C2=O)cc1[N+](=O)[O-]. The van der Waals surface area contributed by atoms with Gasteiger partial charge in [-0.1, -0.05) is 78.4 Å². The number of ether oxygens (including phenoxy) is 1. The van der Waals surface area contributed by atoms with Crippen LogP contribution in [0.5, 0.6) is 5.75 Å². The van der Waals surface area contributed by atoms with E-state index in [2.05, 4.69) is 0 Å². The summed E-state index contributed by atoms with van der Waals surface area (Å²) in [5, 5.41) is 11.0. The predicted molar refractivity (Wildman–Crippen MR) is 145 cm³/mol. The van der Waals surface area contributed by atoms with Gasteiger partial charge in [-0.3, -0.25) is 24.6 Å². The second kappa shape index (κ2) is 17.2. The fourth-order valence-electron chi connectivity index (χ4n) is 3.94. The number of benzene rings is 2. The third-order valence-corrected chi connectivity index (χ3v) is 5.80. The number of imide groups is 1. The lowest BCUT2D eigenvalue weighted by atomic mass is 10.1. The Balaban J connectivity index is 0.00000154. The Morgan fingerprint density at radius 3 is 1.81 bits per heavy atom. The van der Waals surface area contributed by atoms with Gasteiger partial charge >= 0.3 is 0 Å². The molecule has 0 saturated carbocycles. The van der Waals surface area contributed by atoms with Gasteiger partial charge in [0.05, 0.1) is 28.7 Å². The number of fused-ring (bicyclic) bond motifs is 1. The molecular weight excluding hydrogens is 456 g/mol. The van der Waals surface area contributed by atoms with Crippen LogP contribution >= 0.6 is 0 Å². The molecule has 2 aromatic carbocycles. The van der Waals surface area contributed by atoms with Crippen molar-refractivity contribution in [3.63, 3.8) is 0 Å². The maximum Gasteiger partial charge on any atom is 0.275 e. The molecule has 0 saturated heterocycles. The quantitative estimate of drug-likeness (QED) is 0.122. The standard InChI is InChI=1S/C25H30N2O5.2C2H6/c1-19-14-15-20(18-23(19)27(30)31)32-17-11-7-5-3-2-4-6-10-16-26-24(28)21-12-8-9-13-22(21)25(26)29;2*1-2/h8-9,12-15,18H,2-7,10-11,16-17H2,1H3;2*1-2H3. The largest absolute Gasteiger partial charge is 0.493 e. The maximum absolute atomic E-state index is 12.3. The van der Waals surface area contributed by atoms with E-state index >= 15 is 0 Å². The number of amides is 2. The highest BCUT2D eigenvalue weighted by atomic mass is 16.6. The normalized spacial score (nSPS) is 11.8. The van der Waals surface area contributed by atoms with Gasteiger partial charge in [0, 0.05) is 12.1 Å². The lowest BCUT2D eigenvalue weighted by Crippen LogP contribution is -2.30. The van der Waals surface area contributed by atoms with Crippen LogP contribution in [0, 0.1) is 17.0 Å². The molecule has 0 spiro atoms. The zero-order valence-electron chi connectivity index (χ0n) is 22.5. The summed E-state index contributed by atoms with van der Waals surface area (Å²) < 4.78 is 5.64. The number of carbonyl (C=O) groups excluding carboxylic acids is 2. The van der Waals surface area contributed by atoms with Crippen molar-refractivity contribution in [2.75, 3.05) is 13.2 Å². The smallest absolute Gasteiger partial charge is 0.275 e. The molecule has 0 radical (unpaired) electrons. The number of nitro groups is 1. The van der Waals surface area contributed by atoms with E-state index in [1.165, 1.54) is 11.0 Å². The molecule has 198 valence electrons. The molecule has 36 heavy (non-hydrogen) atoms. The van der Waals surface area contributed by atoms with Gasteiger partial charge in [-0.2, -0.15) is 0 Å². The summed E-state index contributed by atoms with van der Waals surface area (Å²) in [6, 6.07) is 12.0. The Morgan fingerprint density at radius 1 is 0.778 bits per heavy atom. The third-order valence-electron chi connectivity index (χ3n) is 5.80. The minimum Gasteiger partial charge on any atom is -0.493 e. The zero-order chi connectivity index (χ0) is 26.9. The lowest BCUT2D eigenvalue weighted by Gasteiger charge is -2.13. The maximum atomic E-state index is 12.3. The van der Waals surface area contributed by atoms with Crippen LogP contribution in [0.25, 0.3) is 0 Å². The van der Waals surface area contributed by atoms with E-state index in [4.69, 9.17) is 4.74 Å². The van der Waals surface area contributed by atoms with Gasteiger partial charge in [0.1, 0.15) is 5.75 Å². The van der Waals surface area contributed by atoms with Gasteiger partial charge < -0.3 is 4.74 Å². The van der Waals surface area contributed by atoms with E-state index in [0.717, 1.165) is 51.4 Å². The van der Waals surface area contributed by atoms with Gasteiger partial charge in [0.15, 0.2) is 0 Å². The molecule has 0 unspecified atom stereocenters. The van der Waals surface area contributed by atoms with Crippen molar-refractivity contribution in [1.29, 1.82) is 0 Å². The first-order valence-electron chi connectivity index (χ1n) is 13.3. The number of rotatable bonds is 13. The number of carbonyl (C=O) groups is 2. The molecule has 7 heteroatoms. The summed E-state index contributed by atoms with van der Waals surface area (Å²) in [5.41, 5.74) is 1.75. The third kappa shape index (κ3) is 9.10. The second-order valence-corrected chi connectivity index (χ2v) is 8.19. The van der Waals surface area contributed by atoms with Crippen molar-refractivity contribution >= 4 is 17.5 Å². The molecule has 1 aliphatic heterocycles. The summed E-state index contributed by atoms with van der Waals surface area (Å²) in [4.78, 5) is 36.6. The van der Waals surface area contributed by atoms with Crippen molar-refractivity contribution in [1.82, 2.24) is 4.90 Å². The van der Waals surface area contributed by atoms with Crippen LogP contribution in [0.15, 0.2) is 42.5 Å². The fourth-order valence-corrected chi connectivity index (χ4v) is 3.94. The molecule has 0 fully saturated rings. The Labute approximate surface area is 216 Å². The molecular formula is C29H42N2O5. The topological polar surface area (TPSA) is 89.8 Å². The average molecular weight is 499 g/mol. The molecule has 0 aliphatic carbocycles. The van der Waals surface area contributed by atoms with Gasteiger partial charge in [-0.25, -0.2) is 0 Å². The molecule has 2 amide bonds. The van der Waals surface area contributed by atoms with Crippen LogP contribution in [0.1, 0.15) is 105 Å². The van der Waals surface area contributed by atoms with E-state index in [9.17, 15) is 19.7 Å². The molecule has 3 rings (SSSR count). The van der Waals surface area contributed by atoms with Gasteiger partial charge in [-0.05, 0) is 44.0 Å². The van der Waals surface area contributed by atoms with Crippen molar-refractivity contribution in [3.05, 3.63) is 69.3 Å². The number of nitrogens with zero attached hydrogens (tertiary/aromatic N) is 2. The number of aryl methyl sites for hydroxylation is 1. The highest BCUT2D eigenvalue weighted by Gasteiger charge is 2.34. The summed E-state index contributed by atoms with van der Waals surface area (Å²) in [6.07, 6.45) is 8.30. The Bertz CT molecular complexity index is 939. The first-order chi connectivity index (χ1) is 17.5. The summed E-state index contributed by atoms with van der Waals surface area (Å²) in [7, 11) is 0. The Hall–Kier alpha value is -3.22. The molecule has 1 heterocycles. The van der Waals surface area contributed by atoms with Gasteiger partial charge in [0.25, 0.3) is 17.5 Å². The van der Waals surface area contributed by atoms with Gasteiger partial charge in [-0.15, -0.1) is 0 Å². The van der Waals surface area contributed by atoms with Crippen molar-refractivity contribution in [2.45, 2.75) is 86.0 Å². The van der Waals surface area contributed by atoms with Crippen LogP contribution in [-0.2, 0) is 0 Å². The van der Waals surface area contributed by atoms with E-state index in [1.807, 2.05) is 27.7 Å². The molecule has 0 aromatic heterocycles. The molecule has 0 bridgehead atoms. The minimum absolute atomic E-state index is 0.0884. The first kappa shape index (κ1) is 30.8. The van der Waals surface area contributed by atoms with E-state index in [0.29, 0.717) is 35.6 Å². The van der Waals surface area contributed by atoms with Crippen molar-refractivity contribution in [3.8, 4) is 5.75 Å². The Kier molecular flexibility index (Phi) is 14.8. The molecule has 2 aromatic rings. The van der Waals surface area contributed by atoms with Crippen LogP contribution in [0.4, 0.5) is 5.69 Å². The average Bonchev–Trinajstić information content (AvgIpc) is 3.15. The highest BCUT2D eigenvalue weighted by molar-refractivity contribution is 6.21. The van der Waals surface area contributed by atoms with Crippen LogP contribution < -0.4 is 4.74 Å². The zero-order valence-corrected chi connectivity index (χ0v) is 22.5. The van der Waals surface area contributed by atoms with E-state index in [-0.39, 0.29) is 22.4 Å². The number of unbranched alkanes of at least 4 members (excludes halogenated alkanes) is 7.